The van der Waals surface area contributed by atoms with Crippen molar-refractivity contribution in [2.24, 2.45) is 39.7 Å². The van der Waals surface area contributed by atoms with Crippen molar-refractivity contribution in [3.05, 3.63) is 11.7 Å². The standard InChI is InChI=1S/C24H35N3O3/c1-15-25-22(30-26-15)10-13-29-27-17-8-11-23(2)16(14-17)4-5-18-19-6-7-21(28)24(19,3)12-9-20(18)23/h16,18-20H,4-14H2,1-3H3. The third-order valence-electron chi connectivity index (χ3n) is 9.38. The Morgan fingerprint density at radius 1 is 1.13 bits per heavy atom. The molecule has 1 heterocycles. The second-order valence-corrected chi connectivity index (χ2v) is 10.8. The molecule has 4 aliphatic rings. The lowest BCUT2D eigenvalue weighted by Crippen LogP contribution is -2.53. The van der Waals surface area contributed by atoms with Crippen molar-refractivity contribution in [2.45, 2.75) is 85.0 Å². The predicted molar refractivity (Wildman–Crippen MR) is 113 cm³/mol. The Bertz CT molecular complexity index is 849. The molecular formula is C24H35N3O3. The highest BCUT2D eigenvalue weighted by Gasteiger charge is 2.60. The van der Waals surface area contributed by atoms with Crippen LogP contribution in [-0.4, -0.2) is 28.2 Å². The van der Waals surface area contributed by atoms with Gasteiger partial charge in [0, 0.05) is 11.8 Å². The van der Waals surface area contributed by atoms with E-state index in [1.807, 2.05) is 6.92 Å². The number of hydrogen-bond donors (Lipinski definition) is 0. The second kappa shape index (κ2) is 7.45. The molecule has 6 nitrogen and oxygen atoms in total. The van der Waals surface area contributed by atoms with Gasteiger partial charge in [0.25, 0.3) is 0 Å². The summed E-state index contributed by atoms with van der Waals surface area (Å²) in [6.07, 6.45) is 10.8. The molecule has 0 bridgehead atoms. The van der Waals surface area contributed by atoms with Gasteiger partial charge in [0.1, 0.15) is 12.4 Å². The average molecular weight is 414 g/mol. The van der Waals surface area contributed by atoms with Crippen LogP contribution in [0.1, 0.15) is 83.3 Å². The van der Waals surface area contributed by atoms with Gasteiger partial charge in [-0.15, -0.1) is 0 Å². The van der Waals surface area contributed by atoms with Gasteiger partial charge in [-0.25, -0.2) is 0 Å². The first-order valence-corrected chi connectivity index (χ1v) is 11.9. The molecule has 30 heavy (non-hydrogen) atoms. The van der Waals surface area contributed by atoms with E-state index in [1.54, 1.807) is 0 Å². The van der Waals surface area contributed by atoms with Crippen molar-refractivity contribution >= 4 is 11.5 Å². The highest BCUT2D eigenvalue weighted by Crippen LogP contribution is 2.65. The van der Waals surface area contributed by atoms with Gasteiger partial charge >= 0.3 is 0 Å². The summed E-state index contributed by atoms with van der Waals surface area (Å²) in [6, 6.07) is 0. The first-order chi connectivity index (χ1) is 14.4. The van der Waals surface area contributed by atoms with Crippen LogP contribution < -0.4 is 0 Å². The van der Waals surface area contributed by atoms with E-state index in [2.05, 4.69) is 29.1 Å². The van der Waals surface area contributed by atoms with Gasteiger partial charge in [-0.1, -0.05) is 24.2 Å². The van der Waals surface area contributed by atoms with Gasteiger partial charge in [0.05, 0.1) is 12.1 Å². The van der Waals surface area contributed by atoms with Gasteiger partial charge in [0.2, 0.25) is 5.89 Å². The molecule has 6 unspecified atom stereocenters. The maximum absolute atomic E-state index is 12.6. The molecule has 1 aromatic heterocycles. The largest absolute Gasteiger partial charge is 0.395 e. The SMILES string of the molecule is Cc1noc(CCON=C2CCC3(C)C(CCC4C5CCC(=O)C5(C)CCC43)C2)n1. The van der Waals surface area contributed by atoms with Crippen LogP contribution in [0.15, 0.2) is 9.68 Å². The predicted octanol–water partition coefficient (Wildman–Crippen LogP) is 4.90. The zero-order valence-corrected chi connectivity index (χ0v) is 18.7. The molecule has 0 spiro atoms. The molecule has 6 heteroatoms. The topological polar surface area (TPSA) is 77.6 Å². The van der Waals surface area contributed by atoms with Gasteiger partial charge in [0.15, 0.2) is 5.82 Å². The Balaban J connectivity index is 1.21. The van der Waals surface area contributed by atoms with Crippen molar-refractivity contribution in [1.29, 1.82) is 0 Å². The molecular weight excluding hydrogens is 378 g/mol. The van der Waals surface area contributed by atoms with Crippen LogP contribution in [0.4, 0.5) is 0 Å². The van der Waals surface area contributed by atoms with Crippen LogP contribution in [0.5, 0.6) is 0 Å². The van der Waals surface area contributed by atoms with Crippen LogP contribution in [0, 0.1) is 41.4 Å². The summed E-state index contributed by atoms with van der Waals surface area (Å²) in [6.45, 7) is 7.12. The number of nitrogens with zero attached hydrogens (tertiary/aromatic N) is 3. The van der Waals surface area contributed by atoms with Crippen molar-refractivity contribution in [3.8, 4) is 0 Å². The summed E-state index contributed by atoms with van der Waals surface area (Å²) >= 11 is 0. The van der Waals surface area contributed by atoms with Crippen LogP contribution >= 0.6 is 0 Å². The molecule has 4 aliphatic carbocycles. The highest BCUT2D eigenvalue weighted by molar-refractivity contribution is 5.87. The lowest BCUT2D eigenvalue weighted by atomic mass is 9.45. The minimum Gasteiger partial charge on any atom is -0.395 e. The van der Waals surface area contributed by atoms with E-state index in [4.69, 9.17) is 9.36 Å². The number of aromatic nitrogens is 2. The molecule has 4 saturated carbocycles. The van der Waals surface area contributed by atoms with Crippen LogP contribution in [0.3, 0.4) is 0 Å². The molecule has 164 valence electrons. The number of hydrogen-bond acceptors (Lipinski definition) is 6. The van der Waals surface area contributed by atoms with Crippen molar-refractivity contribution in [2.75, 3.05) is 6.61 Å². The summed E-state index contributed by atoms with van der Waals surface area (Å²) in [5, 5.41) is 8.29. The lowest BCUT2D eigenvalue weighted by Gasteiger charge is -2.59. The quantitative estimate of drug-likeness (QED) is 0.518. The molecule has 1 aromatic rings. The highest BCUT2D eigenvalue weighted by atomic mass is 16.6. The zero-order chi connectivity index (χ0) is 20.9. The second-order valence-electron chi connectivity index (χ2n) is 10.8. The Kier molecular flexibility index (Phi) is 5.02. The smallest absolute Gasteiger partial charge is 0.230 e. The monoisotopic (exact) mass is 413 g/mol. The zero-order valence-electron chi connectivity index (χ0n) is 18.7. The molecule has 0 aromatic carbocycles. The van der Waals surface area contributed by atoms with Crippen LogP contribution in [-0.2, 0) is 16.1 Å². The third kappa shape index (κ3) is 3.21. The minimum atomic E-state index is -0.0175. The molecule has 4 fully saturated rings. The number of carbonyl (C=O) groups is 1. The molecule has 0 saturated heterocycles. The lowest BCUT2D eigenvalue weighted by molar-refractivity contribution is -0.137. The molecule has 5 rings (SSSR count). The van der Waals surface area contributed by atoms with E-state index < -0.39 is 0 Å². The number of aryl methyl sites for hydroxylation is 1. The number of rotatable bonds is 4. The fraction of sp³-hybridized carbons (Fsp3) is 0.833. The number of Topliss-reactive ketones (excluding diaryl/α,β-unsaturated/α-hetero) is 1. The van der Waals surface area contributed by atoms with Gasteiger partial charge in [-0.2, -0.15) is 4.98 Å². The van der Waals surface area contributed by atoms with Gasteiger partial charge in [-0.05, 0) is 87.4 Å². The van der Waals surface area contributed by atoms with E-state index in [0.717, 1.165) is 43.9 Å². The first-order valence-electron chi connectivity index (χ1n) is 11.9. The van der Waals surface area contributed by atoms with Crippen LogP contribution in [0.2, 0.25) is 0 Å². The number of carbonyl (C=O) groups excluding carboxylic acids is 1. The van der Waals surface area contributed by atoms with E-state index in [1.165, 1.54) is 31.4 Å². The minimum absolute atomic E-state index is 0.0175. The summed E-state index contributed by atoms with van der Waals surface area (Å²) in [5.74, 6) is 4.68. The number of ketones is 1. The fourth-order valence-corrected chi connectivity index (χ4v) is 7.63. The van der Waals surface area contributed by atoms with E-state index in [9.17, 15) is 4.79 Å². The maximum Gasteiger partial charge on any atom is 0.230 e. The first kappa shape index (κ1) is 20.2. The maximum atomic E-state index is 12.6. The molecule has 6 atom stereocenters. The Labute approximate surface area is 179 Å². The summed E-state index contributed by atoms with van der Waals surface area (Å²) in [5.41, 5.74) is 1.60. The van der Waals surface area contributed by atoms with Gasteiger partial charge in [-0.3, -0.25) is 4.79 Å². The normalized spacial score (nSPS) is 42.0. The van der Waals surface area contributed by atoms with Crippen molar-refractivity contribution < 1.29 is 14.2 Å². The summed E-state index contributed by atoms with van der Waals surface area (Å²) < 4.78 is 5.12. The fourth-order valence-electron chi connectivity index (χ4n) is 7.63. The van der Waals surface area contributed by atoms with E-state index in [-0.39, 0.29) is 5.41 Å². The summed E-state index contributed by atoms with van der Waals surface area (Å²) in [7, 11) is 0. The van der Waals surface area contributed by atoms with Crippen molar-refractivity contribution in [3.63, 3.8) is 0 Å². The Morgan fingerprint density at radius 3 is 2.80 bits per heavy atom. The molecule has 0 aliphatic heterocycles. The Morgan fingerprint density at radius 2 is 2.00 bits per heavy atom. The Hall–Kier alpha value is -1.72. The number of oxime groups is 1. The average Bonchev–Trinajstić information content (AvgIpc) is 3.28. The van der Waals surface area contributed by atoms with E-state index in [0.29, 0.717) is 47.8 Å². The van der Waals surface area contributed by atoms with Crippen molar-refractivity contribution in [1.82, 2.24) is 10.1 Å². The molecule has 0 N–H and O–H groups in total. The molecule has 0 amide bonds. The van der Waals surface area contributed by atoms with Crippen LogP contribution in [0.25, 0.3) is 0 Å². The molecule has 0 radical (unpaired) electrons. The third-order valence-corrected chi connectivity index (χ3v) is 9.38. The van der Waals surface area contributed by atoms with E-state index >= 15 is 0 Å². The van der Waals surface area contributed by atoms with Gasteiger partial charge < -0.3 is 9.36 Å². The summed E-state index contributed by atoms with van der Waals surface area (Å²) in [4.78, 5) is 22.4. The number of fused-ring (bicyclic) bond motifs is 5.